The number of aryl methyl sites for hydroxylation is 1. The van der Waals surface area contributed by atoms with Gasteiger partial charge in [0.05, 0.1) is 16.9 Å². The van der Waals surface area contributed by atoms with E-state index >= 15 is 0 Å². The summed E-state index contributed by atoms with van der Waals surface area (Å²) < 4.78 is 2.34. The van der Waals surface area contributed by atoms with Gasteiger partial charge in [0.25, 0.3) is 0 Å². The third kappa shape index (κ3) is 3.73. The molecule has 3 aromatic carbocycles. The zero-order valence-electron chi connectivity index (χ0n) is 21.6. The van der Waals surface area contributed by atoms with E-state index in [1.165, 1.54) is 50.3 Å². The van der Waals surface area contributed by atoms with Gasteiger partial charge in [0.15, 0.2) is 0 Å². The lowest BCUT2D eigenvalue weighted by Crippen LogP contribution is -2.36. The number of hydrogen-bond acceptors (Lipinski definition) is 2. The van der Waals surface area contributed by atoms with E-state index in [-0.39, 0.29) is 11.6 Å². The highest BCUT2D eigenvalue weighted by molar-refractivity contribution is 5.87. The first-order chi connectivity index (χ1) is 16.2. The van der Waals surface area contributed by atoms with Crippen LogP contribution in [0.1, 0.15) is 38.8 Å². The molecule has 0 unspecified atom stereocenters. The fourth-order valence-corrected chi connectivity index (χ4v) is 5.48. The van der Waals surface area contributed by atoms with Crippen LogP contribution in [0, 0.1) is 12.3 Å². The molecule has 3 nitrogen and oxygen atoms in total. The number of fused-ring (bicyclic) bond motifs is 2. The molecule has 174 valence electrons. The smallest absolute Gasteiger partial charge is 0.213 e. The third-order valence-electron chi connectivity index (χ3n) is 7.25. The Hall–Kier alpha value is -3.33. The van der Waals surface area contributed by atoms with Crippen LogP contribution in [0.25, 0.3) is 22.2 Å². The van der Waals surface area contributed by atoms with Gasteiger partial charge in [-0.05, 0) is 73.2 Å². The summed E-state index contributed by atoms with van der Waals surface area (Å²) in [6.07, 6.45) is 1.28. The first kappa shape index (κ1) is 22.5. The van der Waals surface area contributed by atoms with E-state index in [0.29, 0.717) is 0 Å². The van der Waals surface area contributed by atoms with E-state index in [4.69, 9.17) is 0 Å². The average molecular weight is 451 g/mol. The number of aromatic nitrogens is 1. The van der Waals surface area contributed by atoms with E-state index in [0.717, 1.165) is 6.42 Å². The molecule has 4 aromatic rings. The van der Waals surface area contributed by atoms with Crippen LogP contribution in [0.3, 0.4) is 0 Å². The second kappa shape index (κ2) is 8.16. The number of hydrogen-bond donors (Lipinski definition) is 0. The molecule has 5 rings (SSSR count). The van der Waals surface area contributed by atoms with Gasteiger partial charge in [0.2, 0.25) is 11.2 Å². The van der Waals surface area contributed by atoms with Crippen LogP contribution in [0.15, 0.2) is 72.8 Å². The van der Waals surface area contributed by atoms with Crippen LogP contribution in [-0.2, 0) is 13.5 Å². The maximum Gasteiger partial charge on any atom is 0.213 e. The van der Waals surface area contributed by atoms with Crippen molar-refractivity contribution in [3.63, 3.8) is 0 Å². The van der Waals surface area contributed by atoms with Gasteiger partial charge in [-0.2, -0.15) is 4.57 Å². The van der Waals surface area contributed by atoms with Crippen LogP contribution >= 0.6 is 0 Å². The molecule has 3 heteroatoms. The summed E-state index contributed by atoms with van der Waals surface area (Å²) in [5, 5.41) is 1.26. The highest BCUT2D eigenvalue weighted by Gasteiger charge is 2.33. The second-order valence-corrected chi connectivity index (χ2v) is 11.0. The Morgan fingerprint density at radius 2 is 1.53 bits per heavy atom. The maximum absolute atomic E-state index is 2.52. The molecule has 1 aliphatic heterocycles. The van der Waals surface area contributed by atoms with E-state index in [2.05, 4.69) is 136 Å². The average Bonchev–Trinajstić information content (AvgIpc) is 3.05. The van der Waals surface area contributed by atoms with Gasteiger partial charge in [-0.1, -0.05) is 45.0 Å². The van der Waals surface area contributed by atoms with Crippen LogP contribution in [0.5, 0.6) is 0 Å². The third-order valence-corrected chi connectivity index (χ3v) is 7.25. The molecular weight excluding hydrogens is 414 g/mol. The molecular formula is C31H36N3+. The van der Waals surface area contributed by atoms with Crippen molar-refractivity contribution in [1.29, 1.82) is 0 Å². The van der Waals surface area contributed by atoms with Gasteiger partial charge >= 0.3 is 0 Å². The SMILES string of the molecule is Cc1c(-c2ccc3ccccc3[n+]2C)cc(CC(C)(C)C)cc1N1c2ccccc2N(C)[C@H]1C. The molecule has 0 fully saturated rings. The highest BCUT2D eigenvalue weighted by atomic mass is 15.4. The van der Waals surface area contributed by atoms with E-state index in [1.54, 1.807) is 0 Å². The van der Waals surface area contributed by atoms with Crippen LogP contribution < -0.4 is 14.4 Å². The first-order valence-electron chi connectivity index (χ1n) is 12.3. The fourth-order valence-electron chi connectivity index (χ4n) is 5.48. The Morgan fingerprint density at radius 3 is 2.26 bits per heavy atom. The molecule has 1 atom stereocenters. The Bertz CT molecular complexity index is 1380. The number of para-hydroxylation sites is 3. The molecule has 0 spiro atoms. The Morgan fingerprint density at radius 1 is 0.853 bits per heavy atom. The summed E-state index contributed by atoms with van der Waals surface area (Å²) in [7, 11) is 4.39. The Balaban J connectivity index is 1.76. The van der Waals surface area contributed by atoms with Gasteiger partial charge in [0, 0.05) is 30.3 Å². The minimum Gasteiger partial charge on any atom is -0.353 e. The first-order valence-corrected chi connectivity index (χ1v) is 12.3. The Labute approximate surface area is 204 Å². The highest BCUT2D eigenvalue weighted by Crippen LogP contribution is 2.46. The summed E-state index contributed by atoms with van der Waals surface area (Å²) in [6, 6.07) is 26.8. The van der Waals surface area contributed by atoms with Crippen LogP contribution in [-0.4, -0.2) is 13.2 Å². The van der Waals surface area contributed by atoms with Crippen LogP contribution in [0.4, 0.5) is 17.1 Å². The number of nitrogens with zero attached hydrogens (tertiary/aromatic N) is 3. The Kier molecular flexibility index (Phi) is 5.39. The standard InChI is InChI=1S/C31H36N3/c1-21-25(27-17-16-24-12-8-9-13-26(24)33(27)7)18-23(20-31(3,4)5)19-30(21)34-22(2)32(6)28-14-10-11-15-29(28)34/h8-19,22H,20H2,1-7H3/q+1/t22-/m1/s1. The van der Waals surface area contributed by atoms with Crippen molar-refractivity contribution in [3.8, 4) is 11.3 Å². The second-order valence-electron chi connectivity index (χ2n) is 11.0. The molecule has 1 aromatic heterocycles. The van der Waals surface area contributed by atoms with Gasteiger partial charge in [0.1, 0.15) is 13.2 Å². The monoisotopic (exact) mass is 450 g/mol. The topological polar surface area (TPSA) is 10.4 Å². The summed E-state index contributed by atoms with van der Waals surface area (Å²) in [5.74, 6) is 0. The van der Waals surface area contributed by atoms with Crippen molar-refractivity contribution < 1.29 is 4.57 Å². The minimum atomic E-state index is 0.209. The predicted octanol–water partition coefficient (Wildman–Crippen LogP) is 7.16. The molecule has 1 aliphatic rings. The van der Waals surface area contributed by atoms with Gasteiger partial charge in [-0.15, -0.1) is 0 Å². The van der Waals surface area contributed by atoms with Crippen molar-refractivity contribution in [2.75, 3.05) is 16.8 Å². The maximum atomic E-state index is 2.52. The largest absolute Gasteiger partial charge is 0.353 e. The van der Waals surface area contributed by atoms with Crippen molar-refractivity contribution >= 4 is 28.0 Å². The molecule has 0 bridgehead atoms. The summed E-state index contributed by atoms with van der Waals surface area (Å²) in [6.45, 7) is 11.6. The lowest BCUT2D eigenvalue weighted by molar-refractivity contribution is -0.633. The lowest BCUT2D eigenvalue weighted by atomic mass is 9.86. The quantitative estimate of drug-likeness (QED) is 0.307. The number of anilines is 3. The number of benzene rings is 3. The van der Waals surface area contributed by atoms with Gasteiger partial charge in [-0.3, -0.25) is 0 Å². The lowest BCUT2D eigenvalue weighted by Gasteiger charge is -2.31. The molecule has 0 saturated heterocycles. The molecule has 2 heterocycles. The molecule has 0 aliphatic carbocycles. The van der Waals surface area contributed by atoms with Crippen LogP contribution in [0.2, 0.25) is 0 Å². The number of rotatable bonds is 3. The zero-order valence-corrected chi connectivity index (χ0v) is 21.6. The van der Waals surface area contributed by atoms with Crippen molar-refractivity contribution in [1.82, 2.24) is 0 Å². The minimum absolute atomic E-state index is 0.209. The molecule has 0 radical (unpaired) electrons. The van der Waals surface area contributed by atoms with E-state index in [9.17, 15) is 0 Å². The summed E-state index contributed by atoms with van der Waals surface area (Å²) in [4.78, 5) is 4.89. The van der Waals surface area contributed by atoms with E-state index < -0.39 is 0 Å². The molecule has 0 amide bonds. The molecule has 34 heavy (non-hydrogen) atoms. The van der Waals surface area contributed by atoms with E-state index in [1.807, 2.05) is 0 Å². The fraction of sp³-hybridized carbons (Fsp3) is 0.323. The van der Waals surface area contributed by atoms with Crippen molar-refractivity contribution in [3.05, 3.63) is 83.9 Å². The van der Waals surface area contributed by atoms with Crippen molar-refractivity contribution in [2.24, 2.45) is 12.5 Å². The predicted molar refractivity (Wildman–Crippen MR) is 145 cm³/mol. The molecule has 0 N–H and O–H groups in total. The van der Waals surface area contributed by atoms with Crippen molar-refractivity contribution in [2.45, 2.75) is 47.2 Å². The summed E-state index contributed by atoms with van der Waals surface area (Å²) >= 11 is 0. The van der Waals surface area contributed by atoms with Gasteiger partial charge in [-0.25, -0.2) is 0 Å². The zero-order chi connectivity index (χ0) is 24.2. The molecule has 0 saturated carbocycles. The van der Waals surface area contributed by atoms with Gasteiger partial charge < -0.3 is 9.80 Å². The summed E-state index contributed by atoms with van der Waals surface area (Å²) in [5.41, 5.74) is 10.6. The number of pyridine rings is 1. The normalized spacial score (nSPS) is 15.8.